The van der Waals surface area contributed by atoms with Gasteiger partial charge in [0, 0.05) is 12.2 Å². The predicted octanol–water partition coefficient (Wildman–Crippen LogP) is 3.46. The minimum absolute atomic E-state index is 0.0207. The van der Waals surface area contributed by atoms with Crippen LogP contribution in [0.3, 0.4) is 0 Å². The molecule has 1 amide bonds. The third-order valence-corrected chi connectivity index (χ3v) is 5.04. The molecule has 1 heterocycles. The molecule has 0 spiro atoms. The maximum Gasteiger partial charge on any atom is 0.233 e. The van der Waals surface area contributed by atoms with Gasteiger partial charge < -0.3 is 10.6 Å². The molecule has 22 heavy (non-hydrogen) atoms. The number of rotatable bonds is 7. The van der Waals surface area contributed by atoms with Gasteiger partial charge in [0.15, 0.2) is 4.34 Å². The van der Waals surface area contributed by atoms with Gasteiger partial charge in [0.25, 0.3) is 0 Å². The van der Waals surface area contributed by atoms with Crippen LogP contribution in [-0.2, 0) is 11.2 Å². The number of nitrogens with one attached hydrogen (secondary N) is 2. The highest BCUT2D eigenvalue weighted by Gasteiger charge is 2.16. The van der Waals surface area contributed by atoms with E-state index in [2.05, 4.69) is 39.9 Å². The number of aryl methyl sites for hydroxylation is 1. The predicted molar refractivity (Wildman–Crippen MR) is 93.0 cm³/mol. The Labute approximate surface area is 138 Å². The van der Waals surface area contributed by atoms with Crippen molar-refractivity contribution in [3.63, 3.8) is 0 Å². The van der Waals surface area contributed by atoms with Crippen molar-refractivity contribution >= 4 is 39.8 Å². The van der Waals surface area contributed by atoms with Gasteiger partial charge >= 0.3 is 0 Å². The molecule has 0 radical (unpaired) electrons. The Bertz CT molecular complexity index is 612. The summed E-state index contributed by atoms with van der Waals surface area (Å²) in [5, 5.41) is 14.8. The number of nitrogens with zero attached hydrogens (tertiary/aromatic N) is 2. The molecular weight excluding hydrogens is 316 g/mol. The van der Waals surface area contributed by atoms with Crippen LogP contribution in [0.4, 0.5) is 10.8 Å². The number of amides is 1. The van der Waals surface area contributed by atoms with Crippen molar-refractivity contribution in [3.8, 4) is 0 Å². The number of hydrogen-bond donors (Lipinski definition) is 2. The Morgan fingerprint density at radius 2 is 2.00 bits per heavy atom. The molecule has 2 rings (SSSR count). The molecule has 0 aliphatic carbocycles. The second-order valence-electron chi connectivity index (χ2n) is 4.70. The van der Waals surface area contributed by atoms with Crippen LogP contribution in [-0.4, -0.2) is 27.9 Å². The lowest BCUT2D eigenvalue weighted by atomic mass is 10.1. The van der Waals surface area contributed by atoms with Gasteiger partial charge in [0.05, 0.1) is 5.25 Å². The highest BCUT2D eigenvalue weighted by molar-refractivity contribution is 8.02. The molecule has 0 aliphatic rings. The number of hydrogen-bond acceptors (Lipinski definition) is 6. The number of carbonyl (C=O) groups is 1. The molecule has 1 aromatic carbocycles. The average Bonchev–Trinajstić information content (AvgIpc) is 2.95. The molecule has 0 bridgehead atoms. The summed E-state index contributed by atoms with van der Waals surface area (Å²) in [6.07, 6.45) is 1.03. The van der Waals surface area contributed by atoms with Gasteiger partial charge in [-0.25, -0.2) is 0 Å². The first kappa shape index (κ1) is 16.8. The molecule has 0 aliphatic heterocycles. The van der Waals surface area contributed by atoms with Crippen molar-refractivity contribution in [2.45, 2.75) is 36.8 Å². The van der Waals surface area contributed by atoms with E-state index in [4.69, 9.17) is 0 Å². The molecular formula is C15H20N4OS2. The number of anilines is 2. The van der Waals surface area contributed by atoms with Crippen molar-refractivity contribution in [1.82, 2.24) is 15.5 Å². The molecule has 118 valence electrons. The van der Waals surface area contributed by atoms with E-state index in [9.17, 15) is 4.79 Å². The third-order valence-electron chi connectivity index (χ3n) is 3.02. The fourth-order valence-electron chi connectivity index (χ4n) is 1.78. The summed E-state index contributed by atoms with van der Waals surface area (Å²) in [7, 11) is 0. The van der Waals surface area contributed by atoms with Crippen molar-refractivity contribution in [3.05, 3.63) is 29.8 Å². The van der Waals surface area contributed by atoms with Crippen LogP contribution in [0.25, 0.3) is 0 Å². The van der Waals surface area contributed by atoms with Gasteiger partial charge in [-0.1, -0.05) is 42.2 Å². The lowest BCUT2D eigenvalue weighted by Crippen LogP contribution is -2.30. The topological polar surface area (TPSA) is 66.9 Å². The summed E-state index contributed by atoms with van der Waals surface area (Å²) < 4.78 is 0.784. The zero-order valence-electron chi connectivity index (χ0n) is 12.9. The lowest BCUT2D eigenvalue weighted by molar-refractivity contribution is -0.120. The highest BCUT2D eigenvalue weighted by Crippen LogP contribution is 2.30. The van der Waals surface area contributed by atoms with Gasteiger partial charge in [-0.3, -0.25) is 4.79 Å². The largest absolute Gasteiger partial charge is 0.355 e. The Hall–Kier alpha value is -1.60. The molecule has 0 saturated carbocycles. The van der Waals surface area contributed by atoms with Crippen LogP contribution in [0.5, 0.6) is 0 Å². The first-order valence-electron chi connectivity index (χ1n) is 7.26. The average molecular weight is 336 g/mol. The second-order valence-corrected chi connectivity index (χ2v) is 7.27. The Kier molecular flexibility index (Phi) is 6.21. The van der Waals surface area contributed by atoms with Gasteiger partial charge in [-0.05, 0) is 38.0 Å². The zero-order valence-corrected chi connectivity index (χ0v) is 14.6. The normalized spacial score (nSPS) is 12.0. The molecule has 1 aromatic heterocycles. The molecule has 0 fully saturated rings. The van der Waals surface area contributed by atoms with Crippen molar-refractivity contribution in [1.29, 1.82) is 0 Å². The monoisotopic (exact) mass is 336 g/mol. The maximum absolute atomic E-state index is 11.7. The first-order valence-corrected chi connectivity index (χ1v) is 8.95. The summed E-state index contributed by atoms with van der Waals surface area (Å²) in [4.78, 5) is 11.7. The molecule has 0 unspecified atom stereocenters. The van der Waals surface area contributed by atoms with Crippen molar-refractivity contribution in [2.75, 3.05) is 11.9 Å². The fourth-order valence-corrected chi connectivity index (χ4v) is 3.72. The summed E-state index contributed by atoms with van der Waals surface area (Å²) in [6, 6.07) is 8.25. The van der Waals surface area contributed by atoms with Gasteiger partial charge in [-0.2, -0.15) is 0 Å². The highest BCUT2D eigenvalue weighted by atomic mass is 32.2. The number of aromatic nitrogens is 2. The minimum Gasteiger partial charge on any atom is -0.355 e. The molecule has 2 N–H and O–H groups in total. The molecule has 0 saturated heterocycles. The van der Waals surface area contributed by atoms with E-state index in [0.717, 1.165) is 21.6 Å². The van der Waals surface area contributed by atoms with Crippen LogP contribution < -0.4 is 10.6 Å². The summed E-state index contributed by atoms with van der Waals surface area (Å²) in [6.45, 7) is 6.55. The standard InChI is InChI=1S/C15H20N4OS2/c1-4-11-6-8-12(9-7-11)17-14-18-19-15(22-14)21-10(3)13(20)16-5-2/h6-10H,4-5H2,1-3H3,(H,16,20)(H,17,18)/t10-/m0/s1. The third kappa shape index (κ3) is 4.71. The van der Waals surface area contributed by atoms with E-state index in [-0.39, 0.29) is 11.2 Å². The van der Waals surface area contributed by atoms with Crippen molar-refractivity contribution < 1.29 is 4.79 Å². The van der Waals surface area contributed by atoms with Crippen LogP contribution in [0, 0.1) is 0 Å². The first-order chi connectivity index (χ1) is 10.6. The quantitative estimate of drug-likeness (QED) is 0.758. The van der Waals surface area contributed by atoms with E-state index in [1.807, 2.05) is 26.0 Å². The molecule has 2 aromatic rings. The fraction of sp³-hybridized carbons (Fsp3) is 0.400. The SMILES string of the molecule is CCNC(=O)[C@H](C)Sc1nnc(Nc2ccc(CC)cc2)s1. The Morgan fingerprint density at radius 1 is 1.27 bits per heavy atom. The van der Waals surface area contributed by atoms with E-state index < -0.39 is 0 Å². The molecule has 5 nitrogen and oxygen atoms in total. The van der Waals surface area contributed by atoms with Gasteiger partial charge in [-0.15, -0.1) is 10.2 Å². The van der Waals surface area contributed by atoms with E-state index in [1.165, 1.54) is 28.7 Å². The van der Waals surface area contributed by atoms with Crippen LogP contribution >= 0.6 is 23.1 Å². The van der Waals surface area contributed by atoms with Crippen LogP contribution in [0.15, 0.2) is 28.6 Å². The molecule has 7 heteroatoms. The Morgan fingerprint density at radius 3 is 2.64 bits per heavy atom. The van der Waals surface area contributed by atoms with Gasteiger partial charge in [0.2, 0.25) is 11.0 Å². The van der Waals surface area contributed by atoms with E-state index in [1.54, 1.807) is 0 Å². The van der Waals surface area contributed by atoms with Crippen molar-refractivity contribution in [2.24, 2.45) is 0 Å². The smallest absolute Gasteiger partial charge is 0.233 e. The van der Waals surface area contributed by atoms with E-state index in [0.29, 0.717) is 6.54 Å². The van der Waals surface area contributed by atoms with Crippen LogP contribution in [0.2, 0.25) is 0 Å². The molecule has 1 atom stereocenters. The summed E-state index contributed by atoms with van der Waals surface area (Å²) in [5.41, 5.74) is 2.29. The minimum atomic E-state index is -0.176. The zero-order chi connectivity index (χ0) is 15.9. The lowest BCUT2D eigenvalue weighted by Gasteiger charge is -2.07. The Balaban J connectivity index is 1.94. The summed E-state index contributed by atoms with van der Waals surface area (Å²) >= 11 is 2.87. The number of carbonyl (C=O) groups excluding carboxylic acids is 1. The van der Waals surface area contributed by atoms with Gasteiger partial charge in [0.1, 0.15) is 0 Å². The van der Waals surface area contributed by atoms with E-state index >= 15 is 0 Å². The maximum atomic E-state index is 11.7. The summed E-state index contributed by atoms with van der Waals surface area (Å²) in [5.74, 6) is 0.0207. The second kappa shape index (κ2) is 8.14. The number of benzene rings is 1. The number of thioether (sulfide) groups is 1. The van der Waals surface area contributed by atoms with Crippen LogP contribution in [0.1, 0.15) is 26.3 Å².